The van der Waals surface area contributed by atoms with Gasteiger partial charge in [0, 0.05) is 12.0 Å². The van der Waals surface area contributed by atoms with Crippen LogP contribution in [0.2, 0.25) is 0 Å². The number of amides is 1. The van der Waals surface area contributed by atoms with Crippen molar-refractivity contribution < 1.29 is 9.53 Å². The van der Waals surface area contributed by atoms with E-state index in [1.54, 1.807) is 18.3 Å². The summed E-state index contributed by atoms with van der Waals surface area (Å²) in [7, 11) is 1.53. The molecule has 0 radical (unpaired) electrons. The van der Waals surface area contributed by atoms with E-state index in [0.717, 1.165) is 10.4 Å². The second kappa shape index (κ2) is 6.50. The molecule has 2 unspecified atom stereocenters. The van der Waals surface area contributed by atoms with E-state index in [9.17, 15) is 4.79 Å². The zero-order chi connectivity index (χ0) is 13.7. The quantitative estimate of drug-likeness (QED) is 0.911. The molecule has 0 aliphatic carbocycles. The summed E-state index contributed by atoms with van der Waals surface area (Å²) in [4.78, 5) is 13.1. The molecule has 4 heteroatoms. The zero-order valence-corrected chi connectivity index (χ0v) is 11.8. The van der Waals surface area contributed by atoms with Gasteiger partial charge in [0.25, 0.3) is 0 Å². The van der Waals surface area contributed by atoms with Crippen molar-refractivity contribution in [1.29, 1.82) is 0 Å². The van der Waals surface area contributed by atoms with Crippen LogP contribution >= 0.6 is 11.3 Å². The van der Waals surface area contributed by atoms with Crippen molar-refractivity contribution in [3.8, 4) is 0 Å². The Hall–Kier alpha value is -1.65. The molecule has 3 nitrogen and oxygen atoms in total. The second-order valence-corrected chi connectivity index (χ2v) is 5.22. The minimum atomic E-state index is -0.453. The van der Waals surface area contributed by atoms with Crippen molar-refractivity contribution in [2.45, 2.75) is 19.1 Å². The standard InChI is InChI=1S/C15H17NO2S/c1-11(18-2)15(17)16-14(13-9-6-10-19-13)12-7-4-3-5-8-12/h3-11,14H,1-2H3,(H,16,17). The number of nitrogens with one attached hydrogen (secondary N) is 1. The van der Waals surface area contributed by atoms with E-state index in [2.05, 4.69) is 5.32 Å². The van der Waals surface area contributed by atoms with Crippen LogP contribution in [0.3, 0.4) is 0 Å². The molecule has 2 rings (SSSR count). The highest BCUT2D eigenvalue weighted by molar-refractivity contribution is 7.10. The number of ether oxygens (including phenoxy) is 1. The van der Waals surface area contributed by atoms with Crippen LogP contribution < -0.4 is 5.32 Å². The third-order valence-electron chi connectivity index (χ3n) is 2.97. The van der Waals surface area contributed by atoms with Crippen LogP contribution in [0, 0.1) is 0 Å². The molecule has 1 aromatic carbocycles. The van der Waals surface area contributed by atoms with Gasteiger partial charge in [-0.3, -0.25) is 4.79 Å². The number of methoxy groups -OCH3 is 1. The average Bonchev–Trinajstić information content (AvgIpc) is 2.98. The molecule has 19 heavy (non-hydrogen) atoms. The largest absolute Gasteiger partial charge is 0.372 e. The van der Waals surface area contributed by atoms with Crippen molar-refractivity contribution in [2.24, 2.45) is 0 Å². The lowest BCUT2D eigenvalue weighted by atomic mass is 10.1. The first kappa shape index (κ1) is 13.8. The van der Waals surface area contributed by atoms with Gasteiger partial charge in [0.2, 0.25) is 5.91 Å². The van der Waals surface area contributed by atoms with Crippen LogP contribution in [0.15, 0.2) is 47.8 Å². The Morgan fingerprint density at radius 2 is 1.95 bits per heavy atom. The highest BCUT2D eigenvalue weighted by Crippen LogP contribution is 2.25. The number of carbonyl (C=O) groups is 1. The van der Waals surface area contributed by atoms with E-state index in [4.69, 9.17) is 4.74 Å². The first-order valence-electron chi connectivity index (χ1n) is 6.14. The van der Waals surface area contributed by atoms with Crippen LogP contribution in [0.5, 0.6) is 0 Å². The van der Waals surface area contributed by atoms with Gasteiger partial charge in [0.05, 0.1) is 6.04 Å². The van der Waals surface area contributed by atoms with Crippen LogP contribution in [-0.2, 0) is 9.53 Å². The summed E-state index contributed by atoms with van der Waals surface area (Å²) in [6.07, 6.45) is -0.453. The molecule has 2 aromatic rings. The van der Waals surface area contributed by atoms with Crippen molar-refractivity contribution in [2.75, 3.05) is 7.11 Å². The first-order valence-corrected chi connectivity index (χ1v) is 7.02. The lowest BCUT2D eigenvalue weighted by Gasteiger charge is -2.20. The van der Waals surface area contributed by atoms with Crippen LogP contribution in [0.4, 0.5) is 0 Å². The molecule has 1 aromatic heterocycles. The fraction of sp³-hybridized carbons (Fsp3) is 0.267. The van der Waals surface area contributed by atoms with Crippen molar-refractivity contribution in [3.63, 3.8) is 0 Å². The smallest absolute Gasteiger partial charge is 0.249 e. The molecule has 0 aliphatic heterocycles. The summed E-state index contributed by atoms with van der Waals surface area (Å²) in [6.45, 7) is 1.74. The number of benzene rings is 1. The molecular formula is C15H17NO2S. The lowest BCUT2D eigenvalue weighted by Crippen LogP contribution is -2.36. The molecule has 2 atom stereocenters. The number of hydrogen-bond acceptors (Lipinski definition) is 3. The van der Waals surface area contributed by atoms with Gasteiger partial charge in [-0.1, -0.05) is 36.4 Å². The molecule has 1 N–H and O–H groups in total. The Morgan fingerprint density at radius 3 is 2.53 bits per heavy atom. The van der Waals surface area contributed by atoms with Gasteiger partial charge in [-0.2, -0.15) is 0 Å². The van der Waals surface area contributed by atoms with Gasteiger partial charge in [-0.25, -0.2) is 0 Å². The minimum absolute atomic E-state index is 0.107. The maximum atomic E-state index is 12.0. The molecule has 0 fully saturated rings. The molecule has 0 saturated heterocycles. The SMILES string of the molecule is COC(C)C(=O)NC(c1ccccc1)c1cccs1. The monoisotopic (exact) mass is 275 g/mol. The minimum Gasteiger partial charge on any atom is -0.372 e. The zero-order valence-electron chi connectivity index (χ0n) is 11.0. The maximum Gasteiger partial charge on any atom is 0.249 e. The predicted octanol–water partition coefficient (Wildman–Crippen LogP) is 2.99. The third-order valence-corrected chi connectivity index (χ3v) is 3.91. The van der Waals surface area contributed by atoms with Gasteiger partial charge in [0.1, 0.15) is 6.10 Å². The Kier molecular flexibility index (Phi) is 4.71. The number of rotatable bonds is 5. The Morgan fingerprint density at radius 1 is 1.21 bits per heavy atom. The Bertz CT molecular complexity index is 510. The van der Waals surface area contributed by atoms with Crippen LogP contribution in [0.1, 0.15) is 23.4 Å². The molecule has 0 spiro atoms. The van der Waals surface area contributed by atoms with E-state index in [-0.39, 0.29) is 11.9 Å². The van der Waals surface area contributed by atoms with Crippen LogP contribution in [-0.4, -0.2) is 19.1 Å². The normalized spacial score (nSPS) is 13.8. The van der Waals surface area contributed by atoms with Gasteiger partial charge in [-0.15, -0.1) is 11.3 Å². The predicted molar refractivity (Wildman–Crippen MR) is 77.2 cm³/mol. The van der Waals surface area contributed by atoms with E-state index in [1.165, 1.54) is 7.11 Å². The number of hydrogen-bond donors (Lipinski definition) is 1. The second-order valence-electron chi connectivity index (χ2n) is 4.25. The molecule has 1 heterocycles. The Balaban J connectivity index is 2.24. The van der Waals surface area contributed by atoms with Crippen molar-refractivity contribution in [3.05, 3.63) is 58.3 Å². The van der Waals surface area contributed by atoms with E-state index < -0.39 is 6.10 Å². The Labute approximate surface area is 117 Å². The van der Waals surface area contributed by atoms with E-state index in [1.807, 2.05) is 47.8 Å². The molecular weight excluding hydrogens is 258 g/mol. The average molecular weight is 275 g/mol. The lowest BCUT2D eigenvalue weighted by molar-refractivity contribution is -0.130. The fourth-order valence-electron chi connectivity index (χ4n) is 1.79. The maximum absolute atomic E-state index is 12.0. The van der Waals surface area contributed by atoms with Crippen LogP contribution in [0.25, 0.3) is 0 Å². The highest BCUT2D eigenvalue weighted by Gasteiger charge is 2.20. The summed E-state index contributed by atoms with van der Waals surface area (Å²) in [5, 5.41) is 5.04. The topological polar surface area (TPSA) is 38.3 Å². The third kappa shape index (κ3) is 3.43. The molecule has 100 valence electrons. The summed E-state index contributed by atoms with van der Waals surface area (Å²) < 4.78 is 5.06. The number of carbonyl (C=O) groups excluding carboxylic acids is 1. The van der Waals surface area contributed by atoms with Gasteiger partial charge in [0.15, 0.2) is 0 Å². The van der Waals surface area contributed by atoms with Gasteiger partial charge < -0.3 is 10.1 Å². The van der Waals surface area contributed by atoms with Gasteiger partial charge in [-0.05, 0) is 23.9 Å². The van der Waals surface area contributed by atoms with Crippen molar-refractivity contribution >= 4 is 17.2 Å². The molecule has 0 aliphatic rings. The van der Waals surface area contributed by atoms with Crippen molar-refractivity contribution in [1.82, 2.24) is 5.32 Å². The molecule has 1 amide bonds. The molecule has 0 saturated carbocycles. The highest BCUT2D eigenvalue weighted by atomic mass is 32.1. The first-order chi connectivity index (χ1) is 9.22. The number of thiophene rings is 1. The van der Waals surface area contributed by atoms with E-state index >= 15 is 0 Å². The molecule has 0 bridgehead atoms. The summed E-state index contributed by atoms with van der Waals surface area (Å²) >= 11 is 1.63. The fourth-order valence-corrected chi connectivity index (χ4v) is 2.59. The van der Waals surface area contributed by atoms with Gasteiger partial charge >= 0.3 is 0 Å². The summed E-state index contributed by atoms with van der Waals surface area (Å²) in [6, 6.07) is 13.8. The van der Waals surface area contributed by atoms with E-state index in [0.29, 0.717) is 0 Å². The summed E-state index contributed by atoms with van der Waals surface area (Å²) in [5.74, 6) is -0.107. The summed E-state index contributed by atoms with van der Waals surface area (Å²) in [5.41, 5.74) is 1.07.